The summed E-state index contributed by atoms with van der Waals surface area (Å²) in [5.41, 5.74) is 0. The molecule has 1 N–H and O–H groups in total. The molecule has 0 spiro atoms. The SMILES string of the molecule is CCCCOc1ccc(S(=O)(=O)Nc2cc(-n3ccnc3)ncn2)cc1. The molecule has 0 aliphatic carbocycles. The maximum Gasteiger partial charge on any atom is 0.263 e. The Kier molecular flexibility index (Phi) is 5.47. The van der Waals surface area contributed by atoms with Crippen LogP contribution in [-0.2, 0) is 10.0 Å². The van der Waals surface area contributed by atoms with Gasteiger partial charge >= 0.3 is 0 Å². The molecule has 1 aromatic carbocycles. The van der Waals surface area contributed by atoms with Gasteiger partial charge in [0.25, 0.3) is 10.0 Å². The number of sulfonamides is 1. The molecule has 136 valence electrons. The first kappa shape index (κ1) is 17.9. The third-order valence-electron chi connectivity index (χ3n) is 3.56. The van der Waals surface area contributed by atoms with Crippen molar-refractivity contribution in [2.75, 3.05) is 11.3 Å². The number of benzene rings is 1. The minimum absolute atomic E-state index is 0.128. The summed E-state index contributed by atoms with van der Waals surface area (Å²) >= 11 is 0. The van der Waals surface area contributed by atoms with E-state index in [1.54, 1.807) is 35.4 Å². The van der Waals surface area contributed by atoms with Crippen molar-refractivity contribution in [2.24, 2.45) is 0 Å². The van der Waals surface area contributed by atoms with Crippen molar-refractivity contribution < 1.29 is 13.2 Å². The van der Waals surface area contributed by atoms with Gasteiger partial charge in [0, 0.05) is 18.5 Å². The van der Waals surface area contributed by atoms with Crippen LogP contribution in [0.25, 0.3) is 5.82 Å². The highest BCUT2D eigenvalue weighted by molar-refractivity contribution is 7.92. The fourth-order valence-corrected chi connectivity index (χ4v) is 3.18. The van der Waals surface area contributed by atoms with E-state index in [2.05, 4.69) is 26.6 Å². The van der Waals surface area contributed by atoms with Crippen LogP contribution in [0.5, 0.6) is 5.75 Å². The molecule has 26 heavy (non-hydrogen) atoms. The third kappa shape index (κ3) is 4.37. The van der Waals surface area contributed by atoms with E-state index in [1.165, 1.54) is 24.5 Å². The lowest BCUT2D eigenvalue weighted by Gasteiger charge is -2.10. The van der Waals surface area contributed by atoms with E-state index in [4.69, 9.17) is 4.74 Å². The highest BCUT2D eigenvalue weighted by Crippen LogP contribution is 2.19. The Bertz CT molecular complexity index is 941. The Morgan fingerprint density at radius 2 is 2.00 bits per heavy atom. The first-order chi connectivity index (χ1) is 12.6. The lowest BCUT2D eigenvalue weighted by atomic mass is 10.3. The molecule has 3 rings (SSSR count). The summed E-state index contributed by atoms with van der Waals surface area (Å²) in [4.78, 5) is 12.1. The summed E-state index contributed by atoms with van der Waals surface area (Å²) in [5, 5.41) is 0. The normalized spacial score (nSPS) is 11.3. The van der Waals surface area contributed by atoms with Crippen molar-refractivity contribution in [3.63, 3.8) is 0 Å². The molecule has 8 nitrogen and oxygen atoms in total. The number of imidazole rings is 1. The van der Waals surface area contributed by atoms with Gasteiger partial charge in [-0.1, -0.05) is 13.3 Å². The van der Waals surface area contributed by atoms with Gasteiger partial charge in [-0.3, -0.25) is 9.29 Å². The topological polar surface area (TPSA) is 99.0 Å². The van der Waals surface area contributed by atoms with Gasteiger partial charge in [0.1, 0.15) is 30.0 Å². The van der Waals surface area contributed by atoms with E-state index in [9.17, 15) is 8.42 Å². The molecule has 9 heteroatoms. The van der Waals surface area contributed by atoms with Crippen LogP contribution in [0, 0.1) is 0 Å². The van der Waals surface area contributed by atoms with Crippen molar-refractivity contribution in [2.45, 2.75) is 24.7 Å². The molecule has 0 aliphatic heterocycles. The molecular formula is C17H19N5O3S. The maximum absolute atomic E-state index is 12.5. The second kappa shape index (κ2) is 7.96. The Morgan fingerprint density at radius 3 is 2.69 bits per heavy atom. The zero-order valence-electron chi connectivity index (χ0n) is 14.2. The molecule has 0 atom stereocenters. The third-order valence-corrected chi connectivity index (χ3v) is 4.93. The van der Waals surface area contributed by atoms with E-state index in [0.29, 0.717) is 18.2 Å². The standard InChI is InChI=1S/C17H19N5O3S/c1-2-3-10-25-14-4-6-15(7-5-14)26(23,24)21-16-11-17(20-12-19-16)22-9-8-18-13-22/h4-9,11-13H,2-3,10H2,1H3,(H,19,20,21). The maximum atomic E-state index is 12.5. The van der Waals surface area contributed by atoms with Crippen molar-refractivity contribution >= 4 is 15.8 Å². The summed E-state index contributed by atoms with van der Waals surface area (Å²) in [7, 11) is -3.76. The zero-order chi connectivity index (χ0) is 18.4. The average Bonchev–Trinajstić information content (AvgIpc) is 3.17. The van der Waals surface area contributed by atoms with E-state index in [0.717, 1.165) is 12.8 Å². The number of rotatable bonds is 8. The van der Waals surface area contributed by atoms with Crippen LogP contribution in [0.15, 0.2) is 60.3 Å². The number of nitrogens with one attached hydrogen (secondary N) is 1. The van der Waals surface area contributed by atoms with Gasteiger partial charge in [0.15, 0.2) is 0 Å². The van der Waals surface area contributed by atoms with Crippen LogP contribution < -0.4 is 9.46 Å². The molecule has 0 unspecified atom stereocenters. The fraction of sp³-hybridized carbons (Fsp3) is 0.235. The van der Waals surface area contributed by atoms with Gasteiger partial charge in [-0.2, -0.15) is 0 Å². The Balaban J connectivity index is 1.73. The number of unbranched alkanes of at least 4 members (excludes halogenated alkanes) is 1. The summed E-state index contributed by atoms with van der Waals surface area (Å²) < 4.78 is 34.7. The minimum Gasteiger partial charge on any atom is -0.494 e. The molecule has 3 aromatic rings. The van der Waals surface area contributed by atoms with Gasteiger partial charge in [0.05, 0.1) is 11.5 Å². The number of hydrogen-bond donors (Lipinski definition) is 1. The Labute approximate surface area is 152 Å². The number of ether oxygens (including phenoxy) is 1. The predicted octanol–water partition coefficient (Wildman–Crippen LogP) is 2.64. The fourth-order valence-electron chi connectivity index (χ4n) is 2.18. The van der Waals surface area contributed by atoms with Gasteiger partial charge < -0.3 is 4.74 Å². The monoisotopic (exact) mass is 373 g/mol. The van der Waals surface area contributed by atoms with Gasteiger partial charge in [0.2, 0.25) is 0 Å². The molecule has 0 fully saturated rings. The smallest absolute Gasteiger partial charge is 0.263 e. The summed E-state index contributed by atoms with van der Waals surface area (Å²) in [6.07, 6.45) is 8.16. The second-order valence-corrected chi connectivity index (χ2v) is 7.19. The van der Waals surface area contributed by atoms with Crippen LogP contribution in [0.1, 0.15) is 19.8 Å². The van der Waals surface area contributed by atoms with Gasteiger partial charge in [-0.05, 0) is 30.7 Å². The number of hydrogen-bond acceptors (Lipinski definition) is 6. The van der Waals surface area contributed by atoms with Crippen LogP contribution in [-0.4, -0.2) is 34.5 Å². The van der Waals surface area contributed by atoms with Crippen molar-refractivity contribution in [3.8, 4) is 11.6 Å². The second-order valence-electron chi connectivity index (χ2n) is 5.51. The molecule has 2 heterocycles. The van der Waals surface area contributed by atoms with Crippen molar-refractivity contribution in [3.05, 3.63) is 55.4 Å². The molecule has 2 aromatic heterocycles. The molecular weight excluding hydrogens is 354 g/mol. The average molecular weight is 373 g/mol. The van der Waals surface area contributed by atoms with Crippen LogP contribution >= 0.6 is 0 Å². The quantitative estimate of drug-likeness (QED) is 0.610. The molecule has 0 amide bonds. The van der Waals surface area contributed by atoms with Gasteiger partial charge in [-0.25, -0.2) is 23.4 Å². The van der Waals surface area contributed by atoms with E-state index < -0.39 is 10.0 Å². The first-order valence-electron chi connectivity index (χ1n) is 8.14. The molecule has 0 saturated carbocycles. The Morgan fingerprint density at radius 1 is 1.19 bits per heavy atom. The summed E-state index contributed by atoms with van der Waals surface area (Å²) in [5.74, 6) is 1.32. The molecule has 0 aliphatic rings. The van der Waals surface area contributed by atoms with E-state index in [1.807, 2.05) is 0 Å². The number of nitrogens with zero attached hydrogens (tertiary/aromatic N) is 4. The van der Waals surface area contributed by atoms with Crippen molar-refractivity contribution in [1.29, 1.82) is 0 Å². The van der Waals surface area contributed by atoms with Crippen molar-refractivity contribution in [1.82, 2.24) is 19.5 Å². The highest BCUT2D eigenvalue weighted by Gasteiger charge is 2.15. The first-order valence-corrected chi connectivity index (χ1v) is 9.63. The number of anilines is 1. The molecule has 0 bridgehead atoms. The van der Waals surface area contributed by atoms with Gasteiger partial charge in [-0.15, -0.1) is 0 Å². The zero-order valence-corrected chi connectivity index (χ0v) is 15.1. The molecule has 0 saturated heterocycles. The minimum atomic E-state index is -3.76. The Hall–Kier alpha value is -2.94. The van der Waals surface area contributed by atoms with Crippen LogP contribution in [0.3, 0.4) is 0 Å². The largest absolute Gasteiger partial charge is 0.494 e. The lowest BCUT2D eigenvalue weighted by Crippen LogP contribution is -2.14. The highest BCUT2D eigenvalue weighted by atomic mass is 32.2. The number of aromatic nitrogens is 4. The lowest BCUT2D eigenvalue weighted by molar-refractivity contribution is 0.309. The van der Waals surface area contributed by atoms with E-state index in [-0.39, 0.29) is 10.7 Å². The van der Waals surface area contributed by atoms with Crippen LogP contribution in [0.2, 0.25) is 0 Å². The summed E-state index contributed by atoms with van der Waals surface area (Å²) in [6.45, 7) is 2.69. The van der Waals surface area contributed by atoms with E-state index >= 15 is 0 Å². The van der Waals surface area contributed by atoms with Crippen LogP contribution in [0.4, 0.5) is 5.82 Å². The molecule has 0 radical (unpaired) electrons. The predicted molar refractivity (Wildman–Crippen MR) is 96.8 cm³/mol. The summed E-state index contributed by atoms with van der Waals surface area (Å²) in [6, 6.07) is 7.81.